The van der Waals surface area contributed by atoms with Crippen LogP contribution in [0.5, 0.6) is 0 Å². The van der Waals surface area contributed by atoms with Crippen molar-refractivity contribution in [3.63, 3.8) is 0 Å². The van der Waals surface area contributed by atoms with Gasteiger partial charge in [-0.15, -0.1) is 0 Å². The summed E-state index contributed by atoms with van der Waals surface area (Å²) in [5, 5.41) is 6.69. The molecule has 0 saturated heterocycles. The number of halogens is 6. The lowest BCUT2D eigenvalue weighted by atomic mass is 9.86. The zero-order valence-corrected chi connectivity index (χ0v) is 20.7. The molecule has 1 aliphatic carbocycles. The van der Waals surface area contributed by atoms with Gasteiger partial charge in [0.05, 0.1) is 22.2 Å². The number of carbonyl (C=O) groups excluding carboxylic acids is 1. The van der Waals surface area contributed by atoms with Crippen LogP contribution in [0.2, 0.25) is 0 Å². The molecule has 1 aliphatic rings. The maximum Gasteiger partial charge on any atom is 0.417 e. The second-order valence-corrected chi connectivity index (χ2v) is 9.61. The van der Waals surface area contributed by atoms with Gasteiger partial charge in [-0.1, -0.05) is 12.1 Å². The lowest BCUT2D eigenvalue weighted by Gasteiger charge is -2.29. The number of nitrogens with one attached hydrogen (secondary N) is 2. The predicted molar refractivity (Wildman–Crippen MR) is 132 cm³/mol. The number of nitrogens with zero attached hydrogens (tertiary/aromatic N) is 3. The Morgan fingerprint density at radius 2 is 1.63 bits per heavy atom. The van der Waals surface area contributed by atoms with Gasteiger partial charge in [-0.3, -0.25) is 4.79 Å². The molecule has 1 fully saturated rings. The highest BCUT2D eigenvalue weighted by Gasteiger charge is 2.38. The van der Waals surface area contributed by atoms with Crippen molar-refractivity contribution < 1.29 is 31.1 Å². The molecule has 4 rings (SSSR count). The standard InChI is InChI=1S/C26H27F6N5O/c1-37(2)22-18-5-3-4-6-21(18)35-24(36-22)34-17-10-7-15(8-11-17)14-33-23(38)19-13-16(25(27,28)29)9-12-20(19)26(30,31)32/h3-6,9,12-13,15,17H,7-8,10-11,14H2,1-2H3,(H,33,38)(H,34,35,36). The molecule has 38 heavy (non-hydrogen) atoms. The Balaban J connectivity index is 1.37. The fourth-order valence-corrected chi connectivity index (χ4v) is 4.65. The molecule has 1 saturated carbocycles. The van der Waals surface area contributed by atoms with Gasteiger partial charge in [0.15, 0.2) is 0 Å². The van der Waals surface area contributed by atoms with E-state index < -0.39 is 35.0 Å². The van der Waals surface area contributed by atoms with Crippen molar-refractivity contribution in [1.82, 2.24) is 15.3 Å². The summed E-state index contributed by atoms with van der Waals surface area (Å²) in [6.45, 7) is 0.0658. The summed E-state index contributed by atoms with van der Waals surface area (Å²) in [6, 6.07) is 8.62. The van der Waals surface area contributed by atoms with E-state index in [-0.39, 0.29) is 24.6 Å². The summed E-state index contributed by atoms with van der Waals surface area (Å²) in [6.07, 6.45) is -7.07. The molecule has 1 amide bonds. The molecule has 2 N–H and O–H groups in total. The minimum absolute atomic E-state index is 0.0213. The zero-order valence-electron chi connectivity index (χ0n) is 20.7. The molecule has 6 nitrogen and oxygen atoms in total. The van der Waals surface area contributed by atoms with Gasteiger partial charge in [0.2, 0.25) is 5.95 Å². The normalized spacial score (nSPS) is 18.3. The number of rotatable bonds is 6. The average Bonchev–Trinajstić information content (AvgIpc) is 2.86. The van der Waals surface area contributed by atoms with Gasteiger partial charge in [0.25, 0.3) is 5.91 Å². The van der Waals surface area contributed by atoms with Crippen molar-refractivity contribution in [1.29, 1.82) is 0 Å². The largest absolute Gasteiger partial charge is 0.417 e. The molecular formula is C26H27F6N5O. The van der Waals surface area contributed by atoms with E-state index in [9.17, 15) is 31.1 Å². The van der Waals surface area contributed by atoms with E-state index in [1.807, 2.05) is 43.3 Å². The van der Waals surface area contributed by atoms with Crippen molar-refractivity contribution in [2.75, 3.05) is 30.9 Å². The first-order valence-corrected chi connectivity index (χ1v) is 12.1. The van der Waals surface area contributed by atoms with E-state index in [2.05, 4.69) is 20.6 Å². The maximum atomic E-state index is 13.3. The third-order valence-corrected chi connectivity index (χ3v) is 6.63. The van der Waals surface area contributed by atoms with Crippen molar-refractivity contribution in [2.45, 2.75) is 44.1 Å². The smallest absolute Gasteiger partial charge is 0.362 e. The van der Waals surface area contributed by atoms with E-state index in [1.165, 1.54) is 0 Å². The molecule has 0 bridgehead atoms. The van der Waals surface area contributed by atoms with Crippen LogP contribution in [0.15, 0.2) is 42.5 Å². The van der Waals surface area contributed by atoms with Crippen LogP contribution in [0.1, 0.15) is 47.2 Å². The first-order chi connectivity index (χ1) is 17.8. The number of benzene rings is 2. The Bertz CT molecular complexity index is 1300. The Morgan fingerprint density at radius 3 is 2.26 bits per heavy atom. The van der Waals surface area contributed by atoms with Crippen molar-refractivity contribution >= 4 is 28.6 Å². The van der Waals surface area contributed by atoms with Crippen LogP contribution in [0.3, 0.4) is 0 Å². The van der Waals surface area contributed by atoms with Crippen LogP contribution in [-0.4, -0.2) is 42.6 Å². The Kier molecular flexibility index (Phi) is 7.70. The number of fused-ring (bicyclic) bond motifs is 1. The molecule has 3 aromatic rings. The van der Waals surface area contributed by atoms with Crippen molar-refractivity contribution in [2.24, 2.45) is 5.92 Å². The van der Waals surface area contributed by atoms with E-state index in [1.54, 1.807) is 0 Å². The van der Waals surface area contributed by atoms with Crippen LogP contribution in [-0.2, 0) is 12.4 Å². The monoisotopic (exact) mass is 539 g/mol. The lowest BCUT2D eigenvalue weighted by molar-refractivity contribution is -0.141. The van der Waals surface area contributed by atoms with Crippen molar-refractivity contribution in [3.8, 4) is 0 Å². The number of para-hydroxylation sites is 1. The first kappa shape index (κ1) is 27.5. The van der Waals surface area contributed by atoms with Gasteiger partial charge < -0.3 is 15.5 Å². The van der Waals surface area contributed by atoms with E-state index in [0.717, 1.165) is 16.7 Å². The molecule has 0 radical (unpaired) electrons. The van der Waals surface area contributed by atoms with Crippen LogP contribution < -0.4 is 15.5 Å². The van der Waals surface area contributed by atoms with Gasteiger partial charge in [-0.25, -0.2) is 4.98 Å². The lowest BCUT2D eigenvalue weighted by Crippen LogP contribution is -2.35. The Labute approximate surface area is 215 Å². The number of hydrogen-bond acceptors (Lipinski definition) is 5. The molecular weight excluding hydrogens is 512 g/mol. The third-order valence-electron chi connectivity index (χ3n) is 6.63. The summed E-state index contributed by atoms with van der Waals surface area (Å²) >= 11 is 0. The topological polar surface area (TPSA) is 70.2 Å². The average molecular weight is 540 g/mol. The molecule has 0 unspecified atom stereocenters. The summed E-state index contributed by atoms with van der Waals surface area (Å²) in [4.78, 5) is 23.7. The van der Waals surface area contributed by atoms with E-state index >= 15 is 0 Å². The van der Waals surface area contributed by atoms with Crippen LogP contribution >= 0.6 is 0 Å². The van der Waals surface area contributed by atoms with Crippen LogP contribution in [0, 0.1) is 5.92 Å². The highest BCUT2D eigenvalue weighted by Crippen LogP contribution is 2.36. The van der Waals surface area contributed by atoms with Gasteiger partial charge in [0, 0.05) is 32.1 Å². The molecule has 204 valence electrons. The number of carbonyl (C=O) groups is 1. The quantitative estimate of drug-likeness (QED) is 0.369. The fourth-order valence-electron chi connectivity index (χ4n) is 4.65. The SMILES string of the molecule is CN(C)c1nc(NC2CCC(CNC(=O)c3cc(C(F)(F)F)ccc3C(F)(F)F)CC2)nc2ccccc12. The van der Waals surface area contributed by atoms with Gasteiger partial charge in [-0.05, 0) is 61.9 Å². The zero-order chi connectivity index (χ0) is 27.7. The number of aromatic nitrogens is 2. The molecule has 0 atom stereocenters. The highest BCUT2D eigenvalue weighted by atomic mass is 19.4. The summed E-state index contributed by atoms with van der Waals surface area (Å²) in [7, 11) is 3.80. The second kappa shape index (κ2) is 10.7. The maximum absolute atomic E-state index is 13.3. The van der Waals surface area contributed by atoms with Crippen molar-refractivity contribution in [3.05, 3.63) is 59.2 Å². The summed E-state index contributed by atoms with van der Waals surface area (Å²) in [5.41, 5.74) is -2.94. The fraction of sp³-hybridized carbons (Fsp3) is 0.423. The molecule has 0 aliphatic heterocycles. The third kappa shape index (κ3) is 6.28. The predicted octanol–water partition coefficient (Wildman–Crippen LogP) is 6.13. The van der Waals surface area contributed by atoms with E-state index in [4.69, 9.17) is 0 Å². The number of anilines is 2. The van der Waals surface area contributed by atoms with Crippen LogP contribution in [0.4, 0.5) is 38.1 Å². The highest BCUT2D eigenvalue weighted by molar-refractivity contribution is 5.96. The van der Waals surface area contributed by atoms with Gasteiger partial charge in [-0.2, -0.15) is 31.3 Å². The second-order valence-electron chi connectivity index (χ2n) is 9.61. The van der Waals surface area contributed by atoms with E-state index in [0.29, 0.717) is 43.8 Å². The number of amides is 1. The minimum Gasteiger partial charge on any atom is -0.362 e. The molecule has 12 heteroatoms. The molecule has 0 spiro atoms. The van der Waals surface area contributed by atoms with Gasteiger partial charge >= 0.3 is 12.4 Å². The Hall–Kier alpha value is -3.57. The summed E-state index contributed by atoms with van der Waals surface area (Å²) < 4.78 is 79.1. The number of alkyl halides is 6. The first-order valence-electron chi connectivity index (χ1n) is 12.1. The molecule has 2 aromatic carbocycles. The minimum atomic E-state index is -4.96. The van der Waals surface area contributed by atoms with Crippen LogP contribution in [0.25, 0.3) is 10.9 Å². The molecule has 1 aromatic heterocycles. The van der Waals surface area contributed by atoms with Gasteiger partial charge in [0.1, 0.15) is 5.82 Å². The number of hydrogen-bond donors (Lipinski definition) is 2. The summed E-state index contributed by atoms with van der Waals surface area (Å²) in [5.74, 6) is 0.0761. The molecule has 1 heterocycles. The Morgan fingerprint density at radius 1 is 0.947 bits per heavy atom.